The van der Waals surface area contributed by atoms with Crippen LogP contribution in [0.25, 0.3) is 0 Å². The van der Waals surface area contributed by atoms with E-state index in [4.69, 9.17) is 11.6 Å². The normalized spacial score (nSPS) is 45.1. The number of benzene rings is 1. The first-order valence-electron chi connectivity index (χ1n) is 9.42. The van der Waals surface area contributed by atoms with Gasteiger partial charge < -0.3 is 15.3 Å². The molecule has 1 heterocycles. The summed E-state index contributed by atoms with van der Waals surface area (Å²) in [5.74, 6) is 1.57. The van der Waals surface area contributed by atoms with Gasteiger partial charge in [0, 0.05) is 17.6 Å². The van der Waals surface area contributed by atoms with Gasteiger partial charge >= 0.3 is 6.03 Å². The van der Waals surface area contributed by atoms with Crippen molar-refractivity contribution in [2.24, 2.45) is 17.8 Å². The van der Waals surface area contributed by atoms with Crippen molar-refractivity contribution in [2.75, 3.05) is 6.54 Å². The third-order valence-electron chi connectivity index (χ3n) is 7.16. The molecule has 2 amide bonds. The van der Waals surface area contributed by atoms with Crippen LogP contribution in [-0.4, -0.2) is 34.2 Å². The maximum Gasteiger partial charge on any atom is 0.318 e. The first-order chi connectivity index (χ1) is 11.9. The van der Waals surface area contributed by atoms with E-state index < -0.39 is 5.60 Å². The largest absolute Gasteiger partial charge is 0.390 e. The first-order valence-corrected chi connectivity index (χ1v) is 9.80. The zero-order valence-corrected chi connectivity index (χ0v) is 15.3. The minimum Gasteiger partial charge on any atom is -0.390 e. The Morgan fingerprint density at radius 3 is 2.40 bits per heavy atom. The molecule has 134 valence electrons. The van der Waals surface area contributed by atoms with E-state index in [1.54, 1.807) is 0 Å². The molecule has 3 atom stereocenters. The quantitative estimate of drug-likeness (QED) is 0.847. The fourth-order valence-electron chi connectivity index (χ4n) is 6.45. The van der Waals surface area contributed by atoms with Crippen LogP contribution in [0, 0.1) is 17.8 Å². The number of rotatable bonds is 2. The second-order valence-electron chi connectivity index (χ2n) is 9.08. The number of nitrogens with zero attached hydrogens (tertiary/aromatic N) is 1. The standard InChI is InChI=1S/C20H25ClN2O2/c1-19(15-2-4-16(21)5-3-15)11-23(18(24)22-19)17-13-6-12-7-14(17)10-20(25,8-12)9-13/h2-5,12-14,17,25H,6-11H2,1H3,(H,22,24). The van der Waals surface area contributed by atoms with Gasteiger partial charge in [-0.1, -0.05) is 23.7 Å². The Bertz CT molecular complexity index is 705. The molecule has 4 saturated carbocycles. The fourth-order valence-corrected chi connectivity index (χ4v) is 6.57. The molecule has 5 heteroatoms. The van der Waals surface area contributed by atoms with Crippen molar-refractivity contribution < 1.29 is 9.90 Å². The minimum absolute atomic E-state index is 0.0434. The van der Waals surface area contributed by atoms with Crippen molar-refractivity contribution in [2.45, 2.75) is 56.2 Å². The van der Waals surface area contributed by atoms with Gasteiger partial charge in [0.2, 0.25) is 0 Å². The van der Waals surface area contributed by atoms with Crippen molar-refractivity contribution in [3.8, 4) is 0 Å². The molecule has 4 aliphatic carbocycles. The average Bonchev–Trinajstić information content (AvgIpc) is 2.82. The van der Waals surface area contributed by atoms with Crippen LogP contribution in [0.1, 0.15) is 44.6 Å². The summed E-state index contributed by atoms with van der Waals surface area (Å²) in [6.07, 6.45) is 5.05. The molecule has 0 radical (unpaired) electrons. The molecule has 4 nitrogen and oxygen atoms in total. The number of hydrogen-bond acceptors (Lipinski definition) is 2. The van der Waals surface area contributed by atoms with Crippen molar-refractivity contribution in [3.63, 3.8) is 0 Å². The smallest absolute Gasteiger partial charge is 0.318 e. The zero-order valence-electron chi connectivity index (χ0n) is 14.5. The van der Waals surface area contributed by atoms with Crippen LogP contribution in [0.5, 0.6) is 0 Å². The highest BCUT2D eigenvalue weighted by Crippen LogP contribution is 2.57. The summed E-state index contributed by atoms with van der Waals surface area (Å²) in [5.41, 5.74) is 0.255. The third-order valence-corrected chi connectivity index (χ3v) is 7.41. The molecular weight excluding hydrogens is 336 g/mol. The number of aliphatic hydroxyl groups is 1. The number of halogens is 1. The van der Waals surface area contributed by atoms with Gasteiger partial charge in [-0.05, 0) is 74.5 Å². The Kier molecular flexibility index (Phi) is 3.28. The minimum atomic E-state index is -0.456. The van der Waals surface area contributed by atoms with Crippen molar-refractivity contribution in [3.05, 3.63) is 34.9 Å². The number of carbonyl (C=O) groups is 1. The molecule has 5 fully saturated rings. The van der Waals surface area contributed by atoms with Crippen molar-refractivity contribution >= 4 is 17.6 Å². The van der Waals surface area contributed by atoms with Gasteiger partial charge in [-0.25, -0.2) is 4.79 Å². The number of amides is 2. The average molecular weight is 361 g/mol. The molecule has 5 aliphatic rings. The van der Waals surface area contributed by atoms with Crippen LogP contribution >= 0.6 is 11.6 Å². The summed E-state index contributed by atoms with van der Waals surface area (Å²) in [6.45, 7) is 2.78. The highest BCUT2D eigenvalue weighted by molar-refractivity contribution is 6.30. The Balaban J connectivity index is 1.42. The van der Waals surface area contributed by atoms with E-state index >= 15 is 0 Å². The topological polar surface area (TPSA) is 52.6 Å². The summed E-state index contributed by atoms with van der Waals surface area (Å²) >= 11 is 6.02. The summed E-state index contributed by atoms with van der Waals surface area (Å²) in [6, 6.07) is 8.11. The molecule has 2 N–H and O–H groups in total. The molecule has 1 aromatic carbocycles. The van der Waals surface area contributed by atoms with E-state index in [-0.39, 0.29) is 17.6 Å². The van der Waals surface area contributed by atoms with Crippen LogP contribution in [0.4, 0.5) is 4.79 Å². The Morgan fingerprint density at radius 1 is 1.16 bits per heavy atom. The van der Waals surface area contributed by atoms with E-state index in [0.717, 1.165) is 24.8 Å². The summed E-state index contributed by atoms with van der Waals surface area (Å²) < 4.78 is 0. The van der Waals surface area contributed by atoms with Crippen molar-refractivity contribution in [1.29, 1.82) is 0 Å². The zero-order chi connectivity index (χ0) is 17.4. The van der Waals surface area contributed by atoms with Crippen LogP contribution in [0.2, 0.25) is 5.02 Å². The van der Waals surface area contributed by atoms with Gasteiger partial charge in [0.25, 0.3) is 0 Å². The number of nitrogens with one attached hydrogen (secondary N) is 1. The summed E-state index contributed by atoms with van der Waals surface area (Å²) in [5, 5.41) is 14.7. The van der Waals surface area contributed by atoms with Crippen LogP contribution in [0.3, 0.4) is 0 Å². The van der Waals surface area contributed by atoms with E-state index in [1.165, 1.54) is 12.8 Å². The van der Waals surface area contributed by atoms with Gasteiger partial charge in [0.05, 0.1) is 11.1 Å². The number of hydrogen-bond donors (Lipinski definition) is 2. The highest BCUT2D eigenvalue weighted by Gasteiger charge is 2.58. The summed E-state index contributed by atoms with van der Waals surface area (Å²) in [4.78, 5) is 14.9. The molecule has 0 spiro atoms. The predicted octanol–water partition coefficient (Wildman–Crippen LogP) is 3.52. The second kappa shape index (κ2) is 5.14. The lowest BCUT2D eigenvalue weighted by atomic mass is 9.52. The maximum absolute atomic E-state index is 12.9. The molecule has 4 bridgehead atoms. The van der Waals surface area contributed by atoms with Crippen LogP contribution < -0.4 is 5.32 Å². The van der Waals surface area contributed by atoms with Gasteiger partial charge in [-0.15, -0.1) is 0 Å². The first kappa shape index (κ1) is 16.0. The summed E-state index contributed by atoms with van der Waals surface area (Å²) in [7, 11) is 0. The Morgan fingerprint density at radius 2 is 1.80 bits per heavy atom. The molecule has 1 aliphatic heterocycles. The SMILES string of the molecule is CC1(c2ccc(Cl)cc2)CN(C2C3CC4CC2CC(O)(C4)C3)C(=O)N1. The molecular formula is C20H25ClN2O2. The Labute approximate surface area is 153 Å². The van der Waals surface area contributed by atoms with E-state index in [0.29, 0.717) is 29.3 Å². The molecule has 1 aromatic rings. The number of urea groups is 1. The van der Waals surface area contributed by atoms with E-state index in [2.05, 4.69) is 17.1 Å². The lowest BCUT2D eigenvalue weighted by molar-refractivity contribution is -0.152. The second-order valence-corrected chi connectivity index (χ2v) is 9.52. The number of carbonyl (C=O) groups excluding carboxylic acids is 1. The molecule has 0 aromatic heterocycles. The predicted molar refractivity (Wildman–Crippen MR) is 96.3 cm³/mol. The lowest BCUT2D eigenvalue weighted by Gasteiger charge is -2.59. The third kappa shape index (κ3) is 2.41. The van der Waals surface area contributed by atoms with Gasteiger partial charge in [-0.2, -0.15) is 0 Å². The molecule has 25 heavy (non-hydrogen) atoms. The molecule has 3 unspecified atom stereocenters. The molecule has 1 saturated heterocycles. The lowest BCUT2D eigenvalue weighted by Crippen LogP contribution is -2.62. The van der Waals surface area contributed by atoms with Crippen LogP contribution in [0.15, 0.2) is 24.3 Å². The van der Waals surface area contributed by atoms with Crippen molar-refractivity contribution in [1.82, 2.24) is 10.2 Å². The van der Waals surface area contributed by atoms with Gasteiger partial charge in [-0.3, -0.25) is 0 Å². The highest BCUT2D eigenvalue weighted by atomic mass is 35.5. The van der Waals surface area contributed by atoms with Gasteiger partial charge in [0.1, 0.15) is 0 Å². The maximum atomic E-state index is 12.9. The Hall–Kier alpha value is -1.26. The van der Waals surface area contributed by atoms with Gasteiger partial charge in [0.15, 0.2) is 0 Å². The van der Waals surface area contributed by atoms with E-state index in [1.807, 2.05) is 24.3 Å². The van der Waals surface area contributed by atoms with Crippen LogP contribution in [-0.2, 0) is 5.54 Å². The molecule has 6 rings (SSSR count). The fraction of sp³-hybridized carbons (Fsp3) is 0.650. The van der Waals surface area contributed by atoms with E-state index in [9.17, 15) is 9.90 Å². The monoisotopic (exact) mass is 360 g/mol.